The lowest BCUT2D eigenvalue weighted by atomic mass is 9.61. The maximum absolute atomic E-state index is 13.2. The number of benzene rings is 1. The molecule has 3 fully saturated rings. The van der Waals surface area contributed by atoms with Gasteiger partial charge in [-0.25, -0.2) is 0 Å². The zero-order valence-electron chi connectivity index (χ0n) is 16.9. The normalized spacial score (nSPS) is 28.5. The smallest absolute Gasteiger partial charge is 0.262 e. The number of rotatable bonds is 3. The number of carbonyl (C=O) groups excluding carboxylic acids is 4. The summed E-state index contributed by atoms with van der Waals surface area (Å²) >= 11 is 0. The Morgan fingerprint density at radius 3 is 2.60 bits per heavy atom. The van der Waals surface area contributed by atoms with Crippen LogP contribution in [0.3, 0.4) is 0 Å². The van der Waals surface area contributed by atoms with E-state index in [4.69, 9.17) is 5.73 Å². The number of likely N-dealkylation sites (tertiary alicyclic amines) is 1. The van der Waals surface area contributed by atoms with Crippen molar-refractivity contribution in [3.63, 3.8) is 0 Å². The van der Waals surface area contributed by atoms with E-state index in [1.807, 2.05) is 6.07 Å². The average molecular weight is 410 g/mol. The minimum Gasteiger partial charge on any atom is -0.327 e. The SMILES string of the molecule is NC1CCN(Cc2cccc3c2C(=O)N(C2CCC(=O)NC2=O)C3=O)CC12CCC2. The number of hydrogen-bond donors (Lipinski definition) is 2. The molecule has 8 heteroatoms. The van der Waals surface area contributed by atoms with Gasteiger partial charge in [0.05, 0.1) is 11.1 Å². The van der Waals surface area contributed by atoms with Crippen molar-refractivity contribution in [3.05, 3.63) is 34.9 Å². The van der Waals surface area contributed by atoms with Gasteiger partial charge >= 0.3 is 0 Å². The lowest BCUT2D eigenvalue weighted by Gasteiger charge is -2.52. The van der Waals surface area contributed by atoms with Crippen molar-refractivity contribution in [2.45, 2.75) is 57.2 Å². The van der Waals surface area contributed by atoms with Crippen LogP contribution in [0.1, 0.15) is 64.8 Å². The highest BCUT2D eigenvalue weighted by molar-refractivity contribution is 6.24. The van der Waals surface area contributed by atoms with E-state index in [0.717, 1.165) is 42.8 Å². The van der Waals surface area contributed by atoms with Crippen molar-refractivity contribution in [3.8, 4) is 0 Å². The highest BCUT2D eigenvalue weighted by atomic mass is 16.2. The zero-order chi connectivity index (χ0) is 21.0. The molecule has 3 heterocycles. The second-order valence-electron chi connectivity index (χ2n) is 9.11. The Morgan fingerprint density at radius 1 is 1.10 bits per heavy atom. The minimum atomic E-state index is -0.936. The number of carbonyl (C=O) groups is 4. The maximum Gasteiger partial charge on any atom is 0.262 e. The van der Waals surface area contributed by atoms with E-state index < -0.39 is 23.8 Å². The maximum atomic E-state index is 13.2. The lowest BCUT2D eigenvalue weighted by Crippen LogP contribution is -2.58. The van der Waals surface area contributed by atoms with Crippen LogP contribution in [-0.4, -0.2) is 58.6 Å². The highest BCUT2D eigenvalue weighted by Gasteiger charge is 2.47. The van der Waals surface area contributed by atoms with Crippen LogP contribution in [0.5, 0.6) is 0 Å². The number of imide groups is 2. The van der Waals surface area contributed by atoms with Crippen LogP contribution in [0, 0.1) is 5.41 Å². The third-order valence-electron chi connectivity index (χ3n) is 7.38. The van der Waals surface area contributed by atoms with Crippen molar-refractivity contribution >= 4 is 23.6 Å². The summed E-state index contributed by atoms with van der Waals surface area (Å²) in [4.78, 5) is 53.3. The van der Waals surface area contributed by atoms with Gasteiger partial charge in [-0.15, -0.1) is 0 Å². The lowest BCUT2D eigenvalue weighted by molar-refractivity contribution is -0.136. The van der Waals surface area contributed by atoms with Crippen molar-refractivity contribution in [1.82, 2.24) is 15.1 Å². The Labute approximate surface area is 174 Å². The fourth-order valence-electron chi connectivity index (χ4n) is 5.52. The summed E-state index contributed by atoms with van der Waals surface area (Å²) in [6.07, 6.45) is 4.74. The Kier molecular flexibility index (Phi) is 4.52. The Balaban J connectivity index is 1.40. The first-order valence-electron chi connectivity index (χ1n) is 10.7. The van der Waals surface area contributed by atoms with Crippen LogP contribution < -0.4 is 11.1 Å². The molecule has 0 bridgehead atoms. The van der Waals surface area contributed by atoms with Crippen molar-refractivity contribution in [2.24, 2.45) is 11.1 Å². The molecule has 30 heavy (non-hydrogen) atoms. The topological polar surface area (TPSA) is 113 Å². The van der Waals surface area contributed by atoms with Gasteiger partial charge < -0.3 is 5.73 Å². The van der Waals surface area contributed by atoms with E-state index in [-0.39, 0.29) is 30.2 Å². The standard InChI is InChI=1S/C22H26N4O4/c23-16-7-10-25(12-22(16)8-2-9-22)11-13-3-1-4-14-18(13)21(30)26(20(14)29)15-5-6-17(27)24-19(15)28/h1,3-4,15-16H,2,5-12,23H2,(H,24,27,28). The molecule has 1 aromatic rings. The third-order valence-corrected chi connectivity index (χ3v) is 7.38. The van der Waals surface area contributed by atoms with Gasteiger partial charge in [-0.3, -0.25) is 34.3 Å². The molecule has 0 aromatic heterocycles. The van der Waals surface area contributed by atoms with Gasteiger partial charge in [-0.2, -0.15) is 0 Å². The summed E-state index contributed by atoms with van der Waals surface area (Å²) in [5, 5.41) is 2.24. The zero-order valence-corrected chi connectivity index (χ0v) is 16.9. The molecule has 2 saturated heterocycles. The van der Waals surface area contributed by atoms with Gasteiger partial charge in [0.25, 0.3) is 11.8 Å². The molecule has 0 radical (unpaired) electrons. The van der Waals surface area contributed by atoms with Crippen LogP contribution in [0.25, 0.3) is 0 Å². The van der Waals surface area contributed by atoms with Gasteiger partial charge in [0.2, 0.25) is 11.8 Å². The van der Waals surface area contributed by atoms with Crippen LogP contribution in [-0.2, 0) is 16.1 Å². The van der Waals surface area contributed by atoms with E-state index in [1.165, 1.54) is 6.42 Å². The summed E-state index contributed by atoms with van der Waals surface area (Å²) in [7, 11) is 0. The number of piperidine rings is 2. The molecular formula is C22H26N4O4. The summed E-state index contributed by atoms with van der Waals surface area (Å²) in [6.45, 7) is 2.36. The Bertz CT molecular complexity index is 954. The molecule has 5 rings (SSSR count). The monoisotopic (exact) mass is 410 g/mol. The Morgan fingerprint density at radius 2 is 1.90 bits per heavy atom. The fraction of sp³-hybridized carbons (Fsp3) is 0.545. The minimum absolute atomic E-state index is 0.118. The quantitative estimate of drug-likeness (QED) is 0.713. The second-order valence-corrected chi connectivity index (χ2v) is 9.11. The van der Waals surface area contributed by atoms with Crippen LogP contribution in [0.2, 0.25) is 0 Å². The van der Waals surface area contributed by atoms with Crippen LogP contribution in [0.4, 0.5) is 0 Å². The summed E-state index contributed by atoms with van der Waals surface area (Å²) in [5.41, 5.74) is 8.13. The number of nitrogens with zero attached hydrogens (tertiary/aromatic N) is 2. The van der Waals surface area contributed by atoms with Crippen molar-refractivity contribution in [2.75, 3.05) is 13.1 Å². The van der Waals surface area contributed by atoms with Gasteiger partial charge in [0, 0.05) is 32.1 Å². The number of nitrogens with one attached hydrogen (secondary N) is 1. The Hall–Kier alpha value is -2.58. The molecule has 1 spiro atoms. The molecule has 2 unspecified atom stereocenters. The molecule has 3 N–H and O–H groups in total. The average Bonchev–Trinajstić information content (AvgIpc) is 2.94. The molecule has 8 nitrogen and oxygen atoms in total. The predicted molar refractivity (Wildman–Crippen MR) is 107 cm³/mol. The molecule has 2 atom stereocenters. The van der Waals surface area contributed by atoms with E-state index in [9.17, 15) is 19.2 Å². The summed E-state index contributed by atoms with van der Waals surface area (Å²) in [6, 6.07) is 4.62. The number of nitrogens with two attached hydrogens (primary N) is 1. The number of hydrogen-bond acceptors (Lipinski definition) is 6. The van der Waals surface area contributed by atoms with Gasteiger partial charge in [-0.1, -0.05) is 18.6 Å². The molecule has 3 aliphatic heterocycles. The second kappa shape index (κ2) is 6.99. The van der Waals surface area contributed by atoms with Gasteiger partial charge in [0.1, 0.15) is 6.04 Å². The van der Waals surface area contributed by atoms with E-state index >= 15 is 0 Å². The first kappa shape index (κ1) is 19.4. The molecule has 1 saturated carbocycles. The largest absolute Gasteiger partial charge is 0.327 e. The van der Waals surface area contributed by atoms with Crippen molar-refractivity contribution < 1.29 is 19.2 Å². The van der Waals surface area contributed by atoms with E-state index in [0.29, 0.717) is 17.7 Å². The molecule has 1 aliphatic carbocycles. The first-order valence-corrected chi connectivity index (χ1v) is 10.7. The van der Waals surface area contributed by atoms with Gasteiger partial charge in [-0.05, 0) is 42.7 Å². The third kappa shape index (κ3) is 2.89. The molecule has 4 amide bonds. The van der Waals surface area contributed by atoms with Crippen LogP contribution in [0.15, 0.2) is 18.2 Å². The first-order chi connectivity index (χ1) is 14.4. The molecule has 1 aromatic carbocycles. The van der Waals surface area contributed by atoms with Crippen molar-refractivity contribution in [1.29, 1.82) is 0 Å². The summed E-state index contributed by atoms with van der Waals surface area (Å²) < 4.78 is 0. The molecular weight excluding hydrogens is 384 g/mol. The summed E-state index contributed by atoms with van der Waals surface area (Å²) in [5.74, 6) is -1.85. The van der Waals surface area contributed by atoms with E-state index in [2.05, 4.69) is 10.2 Å². The highest BCUT2D eigenvalue weighted by Crippen LogP contribution is 2.47. The molecule has 4 aliphatic rings. The number of amides is 4. The van der Waals surface area contributed by atoms with Gasteiger partial charge in [0.15, 0.2) is 0 Å². The molecule has 158 valence electrons. The fourth-order valence-corrected chi connectivity index (χ4v) is 5.52. The van der Waals surface area contributed by atoms with E-state index in [1.54, 1.807) is 12.1 Å². The van der Waals surface area contributed by atoms with Crippen LogP contribution >= 0.6 is 0 Å². The number of fused-ring (bicyclic) bond motifs is 1. The predicted octanol–water partition coefficient (Wildman–Crippen LogP) is 0.791.